The first-order valence-corrected chi connectivity index (χ1v) is 9.45. The number of amides is 1. The molecular formula is C20H29N5O. The lowest BCUT2D eigenvalue weighted by atomic mass is 9.96. The van der Waals surface area contributed by atoms with E-state index < -0.39 is 5.54 Å². The lowest BCUT2D eigenvalue weighted by Crippen LogP contribution is -2.41. The van der Waals surface area contributed by atoms with Crippen LogP contribution < -0.4 is 5.73 Å². The van der Waals surface area contributed by atoms with Gasteiger partial charge in [0.15, 0.2) is 0 Å². The zero-order valence-electron chi connectivity index (χ0n) is 16.0. The fraction of sp³-hybridized carbons (Fsp3) is 0.550. The molecule has 0 aliphatic carbocycles. The number of benzene rings is 1. The Morgan fingerprint density at radius 1 is 1.35 bits per heavy atom. The number of hydrogen-bond donors (Lipinski definition) is 1. The summed E-state index contributed by atoms with van der Waals surface area (Å²) in [5.41, 5.74) is 8.34. The van der Waals surface area contributed by atoms with Crippen molar-refractivity contribution in [2.75, 3.05) is 13.1 Å². The van der Waals surface area contributed by atoms with Gasteiger partial charge in [0, 0.05) is 25.2 Å². The SMILES string of the molecule is CCc1ccccc1C(=O)N1CCCC(Cn2cc(C(C)(C)N)nn2)C1. The van der Waals surface area contributed by atoms with Gasteiger partial charge in [-0.05, 0) is 50.7 Å². The molecule has 0 saturated carbocycles. The molecule has 0 radical (unpaired) electrons. The van der Waals surface area contributed by atoms with Crippen LogP contribution in [0.2, 0.25) is 0 Å². The summed E-state index contributed by atoms with van der Waals surface area (Å²) >= 11 is 0. The van der Waals surface area contributed by atoms with Gasteiger partial charge in [-0.15, -0.1) is 5.10 Å². The number of piperidine rings is 1. The molecule has 1 unspecified atom stereocenters. The normalized spacial score (nSPS) is 18.2. The second-order valence-corrected chi connectivity index (χ2v) is 7.82. The van der Waals surface area contributed by atoms with Gasteiger partial charge in [0.25, 0.3) is 5.91 Å². The lowest BCUT2D eigenvalue weighted by Gasteiger charge is -2.33. The van der Waals surface area contributed by atoms with E-state index in [4.69, 9.17) is 5.73 Å². The van der Waals surface area contributed by atoms with Gasteiger partial charge in [0.1, 0.15) is 5.69 Å². The topological polar surface area (TPSA) is 77.0 Å². The zero-order valence-corrected chi connectivity index (χ0v) is 16.0. The number of hydrogen-bond acceptors (Lipinski definition) is 4. The minimum Gasteiger partial charge on any atom is -0.338 e. The van der Waals surface area contributed by atoms with E-state index in [1.165, 1.54) is 0 Å². The highest BCUT2D eigenvalue weighted by atomic mass is 16.2. The third-order valence-corrected chi connectivity index (χ3v) is 5.08. The van der Waals surface area contributed by atoms with Gasteiger partial charge in [-0.3, -0.25) is 9.48 Å². The van der Waals surface area contributed by atoms with Crippen LogP contribution in [-0.4, -0.2) is 38.9 Å². The molecule has 0 bridgehead atoms. The summed E-state index contributed by atoms with van der Waals surface area (Å²) in [5.74, 6) is 0.534. The summed E-state index contributed by atoms with van der Waals surface area (Å²) in [5, 5.41) is 8.40. The molecule has 2 heterocycles. The Morgan fingerprint density at radius 2 is 2.12 bits per heavy atom. The Kier molecular flexibility index (Phi) is 5.41. The molecule has 1 aromatic heterocycles. The molecule has 6 nitrogen and oxygen atoms in total. The summed E-state index contributed by atoms with van der Waals surface area (Å²) in [6.45, 7) is 8.29. The molecule has 1 fully saturated rings. The van der Waals surface area contributed by atoms with Crippen LogP contribution in [0.3, 0.4) is 0 Å². The van der Waals surface area contributed by atoms with Crippen molar-refractivity contribution in [3.05, 3.63) is 47.3 Å². The molecule has 1 aromatic carbocycles. The van der Waals surface area contributed by atoms with Crippen molar-refractivity contribution in [3.8, 4) is 0 Å². The van der Waals surface area contributed by atoms with Crippen LogP contribution in [0.4, 0.5) is 0 Å². The standard InChI is InChI=1S/C20H29N5O/c1-4-16-9-5-6-10-17(16)19(26)24-11-7-8-15(12-24)13-25-14-18(22-23-25)20(2,3)21/h5-6,9-10,14-15H,4,7-8,11-13,21H2,1-3H3. The predicted octanol–water partition coefficient (Wildman–Crippen LogP) is 2.59. The maximum absolute atomic E-state index is 13.0. The number of carbonyl (C=O) groups is 1. The summed E-state index contributed by atoms with van der Waals surface area (Å²) in [7, 11) is 0. The highest BCUT2D eigenvalue weighted by Crippen LogP contribution is 2.22. The number of nitrogens with zero attached hydrogens (tertiary/aromatic N) is 4. The van der Waals surface area contributed by atoms with Crippen molar-refractivity contribution < 1.29 is 4.79 Å². The van der Waals surface area contributed by atoms with E-state index in [0.29, 0.717) is 5.92 Å². The summed E-state index contributed by atoms with van der Waals surface area (Å²) in [4.78, 5) is 15.0. The number of carbonyl (C=O) groups excluding carboxylic acids is 1. The fourth-order valence-electron chi connectivity index (χ4n) is 3.55. The predicted molar refractivity (Wildman–Crippen MR) is 102 cm³/mol. The first-order valence-electron chi connectivity index (χ1n) is 9.45. The van der Waals surface area contributed by atoms with Crippen LogP contribution >= 0.6 is 0 Å². The fourth-order valence-corrected chi connectivity index (χ4v) is 3.55. The smallest absolute Gasteiger partial charge is 0.254 e. The number of aromatic nitrogens is 3. The molecule has 1 aliphatic heterocycles. The molecule has 26 heavy (non-hydrogen) atoms. The van der Waals surface area contributed by atoms with Gasteiger partial charge in [-0.1, -0.05) is 30.3 Å². The monoisotopic (exact) mass is 355 g/mol. The molecule has 140 valence electrons. The first-order chi connectivity index (χ1) is 12.4. The molecule has 1 aliphatic rings. The number of nitrogens with two attached hydrogens (primary N) is 1. The quantitative estimate of drug-likeness (QED) is 0.894. The van der Waals surface area contributed by atoms with Crippen molar-refractivity contribution in [1.82, 2.24) is 19.9 Å². The molecule has 1 amide bonds. The van der Waals surface area contributed by atoms with Gasteiger partial charge < -0.3 is 10.6 Å². The maximum atomic E-state index is 13.0. The Balaban J connectivity index is 1.67. The van der Waals surface area contributed by atoms with Crippen molar-refractivity contribution in [2.45, 2.75) is 52.1 Å². The van der Waals surface area contributed by atoms with Crippen LogP contribution in [-0.2, 0) is 18.5 Å². The van der Waals surface area contributed by atoms with Gasteiger partial charge in [-0.2, -0.15) is 0 Å². The molecule has 1 saturated heterocycles. The minimum absolute atomic E-state index is 0.148. The summed E-state index contributed by atoms with van der Waals surface area (Å²) < 4.78 is 1.86. The molecule has 2 aromatic rings. The van der Waals surface area contributed by atoms with Gasteiger partial charge >= 0.3 is 0 Å². The molecule has 0 spiro atoms. The molecular weight excluding hydrogens is 326 g/mol. The van der Waals surface area contributed by atoms with E-state index in [2.05, 4.69) is 17.2 Å². The molecule has 6 heteroatoms. The van der Waals surface area contributed by atoms with Crippen molar-refractivity contribution in [2.24, 2.45) is 11.7 Å². The number of rotatable bonds is 5. The van der Waals surface area contributed by atoms with E-state index >= 15 is 0 Å². The van der Waals surface area contributed by atoms with E-state index in [-0.39, 0.29) is 5.91 Å². The van der Waals surface area contributed by atoms with Gasteiger partial charge in [-0.25, -0.2) is 0 Å². The van der Waals surface area contributed by atoms with Crippen LogP contribution in [0.1, 0.15) is 55.2 Å². The lowest BCUT2D eigenvalue weighted by molar-refractivity contribution is 0.0658. The molecule has 3 rings (SSSR count). The minimum atomic E-state index is -0.489. The van der Waals surface area contributed by atoms with E-state index in [9.17, 15) is 4.79 Å². The Labute approximate surface area is 155 Å². The third kappa shape index (κ3) is 4.12. The maximum Gasteiger partial charge on any atom is 0.254 e. The second-order valence-electron chi connectivity index (χ2n) is 7.82. The average molecular weight is 355 g/mol. The molecule has 2 N–H and O–H groups in total. The first kappa shape index (κ1) is 18.6. The number of aryl methyl sites for hydroxylation is 1. The Bertz CT molecular complexity index is 762. The van der Waals surface area contributed by atoms with Crippen molar-refractivity contribution in [3.63, 3.8) is 0 Å². The highest BCUT2D eigenvalue weighted by molar-refractivity contribution is 5.95. The van der Waals surface area contributed by atoms with Crippen molar-refractivity contribution in [1.29, 1.82) is 0 Å². The summed E-state index contributed by atoms with van der Waals surface area (Å²) in [6, 6.07) is 7.92. The average Bonchev–Trinajstić information content (AvgIpc) is 3.10. The van der Waals surface area contributed by atoms with Crippen LogP contribution in [0, 0.1) is 5.92 Å². The Hall–Kier alpha value is -2.21. The van der Waals surface area contributed by atoms with Crippen LogP contribution in [0.25, 0.3) is 0 Å². The van der Waals surface area contributed by atoms with E-state index in [0.717, 1.165) is 55.7 Å². The van der Waals surface area contributed by atoms with Crippen LogP contribution in [0.5, 0.6) is 0 Å². The third-order valence-electron chi connectivity index (χ3n) is 5.08. The molecule has 1 atom stereocenters. The van der Waals surface area contributed by atoms with Gasteiger partial charge in [0.05, 0.1) is 11.7 Å². The van der Waals surface area contributed by atoms with Crippen LogP contribution in [0.15, 0.2) is 30.5 Å². The highest BCUT2D eigenvalue weighted by Gasteiger charge is 2.26. The number of likely N-dealkylation sites (tertiary alicyclic amines) is 1. The van der Waals surface area contributed by atoms with E-state index in [1.54, 1.807) is 0 Å². The van der Waals surface area contributed by atoms with Gasteiger partial charge in [0.2, 0.25) is 0 Å². The summed E-state index contributed by atoms with van der Waals surface area (Å²) in [6.07, 6.45) is 4.91. The Morgan fingerprint density at radius 3 is 2.81 bits per heavy atom. The second kappa shape index (κ2) is 7.58. The zero-order chi connectivity index (χ0) is 18.7. The largest absolute Gasteiger partial charge is 0.338 e. The van der Waals surface area contributed by atoms with E-state index in [1.807, 2.05) is 53.9 Å². The van der Waals surface area contributed by atoms with Crippen molar-refractivity contribution >= 4 is 5.91 Å².